The third kappa shape index (κ3) is 4.10. The molecule has 182 valence electrons. The van der Waals surface area contributed by atoms with E-state index in [0.29, 0.717) is 43.9 Å². The first-order valence-electron chi connectivity index (χ1n) is 11.9. The summed E-state index contributed by atoms with van der Waals surface area (Å²) in [4.78, 5) is 22.1. The number of hydrogen-bond donors (Lipinski definition) is 0. The summed E-state index contributed by atoms with van der Waals surface area (Å²) in [6.07, 6.45) is 2.31. The second-order valence-corrected chi connectivity index (χ2v) is 10.1. The average Bonchev–Trinajstić information content (AvgIpc) is 3.27. The molecule has 0 spiro atoms. The van der Waals surface area contributed by atoms with Gasteiger partial charge in [0.1, 0.15) is 11.2 Å². The Balaban J connectivity index is 1.30. The van der Waals surface area contributed by atoms with Gasteiger partial charge in [-0.3, -0.25) is 9.47 Å². The lowest BCUT2D eigenvalue weighted by Crippen LogP contribution is -2.49. The predicted molar refractivity (Wildman–Crippen MR) is 140 cm³/mol. The molecular formula is C26H26Cl2N4O3. The molecule has 0 amide bonds. The Morgan fingerprint density at radius 3 is 2.40 bits per heavy atom. The number of aryl methyl sites for hydroxylation is 1. The van der Waals surface area contributed by atoms with Crippen molar-refractivity contribution in [3.05, 3.63) is 56.9 Å². The van der Waals surface area contributed by atoms with E-state index < -0.39 is 0 Å². The standard InChI is InChI=1S/C26H26Cl2N4O3/c1-30-23-20-14-17(27)15-21(28)24(20)35-25(23)22(29-26(30)33)16-2-4-18(5-3-16)31-8-6-19(7-9-31)32-10-12-34-13-11-32/h2-5,14-15,19H,6-13H2,1H3. The van der Waals surface area contributed by atoms with Crippen molar-refractivity contribution in [3.8, 4) is 11.3 Å². The van der Waals surface area contributed by atoms with Gasteiger partial charge in [0.05, 0.1) is 18.2 Å². The predicted octanol–water partition coefficient (Wildman–Crippen LogP) is 4.95. The van der Waals surface area contributed by atoms with E-state index in [1.807, 2.05) is 12.1 Å². The Morgan fingerprint density at radius 2 is 1.69 bits per heavy atom. The zero-order valence-electron chi connectivity index (χ0n) is 19.5. The maximum Gasteiger partial charge on any atom is 0.348 e. The second kappa shape index (κ2) is 9.13. The highest BCUT2D eigenvalue weighted by Gasteiger charge is 2.26. The van der Waals surface area contributed by atoms with E-state index in [0.717, 1.165) is 57.8 Å². The number of halogens is 2. The van der Waals surface area contributed by atoms with E-state index in [2.05, 4.69) is 26.9 Å². The van der Waals surface area contributed by atoms with Gasteiger partial charge in [-0.2, -0.15) is 4.98 Å². The van der Waals surface area contributed by atoms with E-state index in [4.69, 9.17) is 32.4 Å². The maximum absolute atomic E-state index is 12.7. The van der Waals surface area contributed by atoms with Crippen molar-refractivity contribution in [2.45, 2.75) is 18.9 Å². The summed E-state index contributed by atoms with van der Waals surface area (Å²) in [6, 6.07) is 12.3. The van der Waals surface area contributed by atoms with Gasteiger partial charge < -0.3 is 14.1 Å². The highest BCUT2D eigenvalue weighted by Crippen LogP contribution is 2.38. The molecule has 9 heteroatoms. The number of ether oxygens (including phenoxy) is 1. The molecule has 0 saturated carbocycles. The van der Waals surface area contributed by atoms with Crippen molar-refractivity contribution < 1.29 is 9.15 Å². The molecule has 6 rings (SSSR count). The monoisotopic (exact) mass is 512 g/mol. The molecule has 4 aromatic rings. The molecule has 2 aromatic heterocycles. The first kappa shape index (κ1) is 22.9. The molecule has 0 atom stereocenters. The molecule has 2 saturated heterocycles. The molecule has 35 heavy (non-hydrogen) atoms. The molecule has 2 aromatic carbocycles. The quantitative estimate of drug-likeness (QED) is 0.386. The minimum absolute atomic E-state index is 0.361. The number of anilines is 1. The molecule has 0 unspecified atom stereocenters. The van der Waals surface area contributed by atoms with Crippen LogP contribution in [-0.2, 0) is 11.8 Å². The van der Waals surface area contributed by atoms with Crippen LogP contribution in [0.3, 0.4) is 0 Å². The average molecular weight is 513 g/mol. The first-order chi connectivity index (χ1) is 17.0. The van der Waals surface area contributed by atoms with Gasteiger partial charge in [-0.25, -0.2) is 4.79 Å². The number of rotatable bonds is 3. The summed E-state index contributed by atoms with van der Waals surface area (Å²) in [5.41, 5.74) is 3.79. The largest absolute Gasteiger partial charge is 0.451 e. The van der Waals surface area contributed by atoms with Gasteiger partial charge in [0.2, 0.25) is 0 Å². The zero-order valence-corrected chi connectivity index (χ0v) is 21.0. The Labute approximate surface area is 212 Å². The van der Waals surface area contributed by atoms with Crippen molar-refractivity contribution in [1.82, 2.24) is 14.5 Å². The van der Waals surface area contributed by atoms with Gasteiger partial charge in [-0.15, -0.1) is 0 Å². The fraction of sp³-hybridized carbons (Fsp3) is 0.385. The van der Waals surface area contributed by atoms with Crippen LogP contribution < -0.4 is 10.6 Å². The van der Waals surface area contributed by atoms with Gasteiger partial charge in [-0.05, 0) is 37.1 Å². The summed E-state index contributed by atoms with van der Waals surface area (Å²) in [5, 5.41) is 1.58. The number of nitrogens with zero attached hydrogens (tertiary/aromatic N) is 4. The van der Waals surface area contributed by atoms with Crippen molar-refractivity contribution in [2.75, 3.05) is 44.3 Å². The van der Waals surface area contributed by atoms with Crippen LogP contribution in [0.15, 0.2) is 45.6 Å². The number of aromatic nitrogens is 2. The van der Waals surface area contributed by atoms with Gasteiger partial charge in [-0.1, -0.05) is 35.3 Å². The number of piperidine rings is 1. The van der Waals surface area contributed by atoms with Crippen LogP contribution in [0, 0.1) is 0 Å². The Morgan fingerprint density at radius 1 is 0.971 bits per heavy atom. The Bertz CT molecular complexity index is 1450. The lowest BCUT2D eigenvalue weighted by Gasteiger charge is -2.40. The molecule has 2 aliphatic rings. The van der Waals surface area contributed by atoms with E-state index in [1.165, 1.54) is 10.3 Å². The van der Waals surface area contributed by atoms with Crippen LogP contribution >= 0.6 is 23.2 Å². The van der Waals surface area contributed by atoms with Gasteiger partial charge in [0, 0.05) is 60.9 Å². The minimum Gasteiger partial charge on any atom is -0.451 e. The molecule has 0 N–H and O–H groups in total. The van der Waals surface area contributed by atoms with Gasteiger partial charge in [0.25, 0.3) is 0 Å². The smallest absolute Gasteiger partial charge is 0.348 e. The van der Waals surface area contributed by atoms with E-state index in [9.17, 15) is 4.79 Å². The van der Waals surface area contributed by atoms with Crippen molar-refractivity contribution >= 4 is 51.0 Å². The molecule has 2 aliphatic heterocycles. The van der Waals surface area contributed by atoms with Crippen LogP contribution in [0.25, 0.3) is 33.3 Å². The molecule has 7 nitrogen and oxygen atoms in total. The van der Waals surface area contributed by atoms with Crippen LogP contribution in [0.2, 0.25) is 10.0 Å². The van der Waals surface area contributed by atoms with Gasteiger partial charge >= 0.3 is 5.69 Å². The molecule has 4 heterocycles. The van der Waals surface area contributed by atoms with Crippen LogP contribution in [0.5, 0.6) is 0 Å². The molecule has 2 fully saturated rings. The SMILES string of the molecule is Cn1c(=O)nc(-c2ccc(N3CCC(N4CCOCC4)CC3)cc2)c2oc3c(Cl)cc(Cl)cc3c21. The maximum atomic E-state index is 12.7. The first-order valence-corrected chi connectivity index (χ1v) is 12.7. The Hall–Kier alpha value is -2.58. The van der Waals surface area contributed by atoms with E-state index in [1.54, 1.807) is 19.2 Å². The van der Waals surface area contributed by atoms with Crippen LogP contribution in [-0.4, -0.2) is 59.9 Å². The summed E-state index contributed by atoms with van der Waals surface area (Å²) in [7, 11) is 1.68. The number of morpholine rings is 1. The number of benzene rings is 2. The third-order valence-electron chi connectivity index (χ3n) is 7.26. The van der Waals surface area contributed by atoms with Crippen LogP contribution in [0.1, 0.15) is 12.8 Å². The topological polar surface area (TPSA) is 63.7 Å². The molecule has 0 aliphatic carbocycles. The normalized spacial score (nSPS) is 18.1. The number of hydrogen-bond acceptors (Lipinski definition) is 6. The molecule has 0 bridgehead atoms. The van der Waals surface area contributed by atoms with Crippen molar-refractivity contribution in [3.63, 3.8) is 0 Å². The summed E-state index contributed by atoms with van der Waals surface area (Å²) in [6.45, 7) is 5.82. The van der Waals surface area contributed by atoms with E-state index in [-0.39, 0.29) is 5.69 Å². The summed E-state index contributed by atoms with van der Waals surface area (Å²) in [5.74, 6) is 0. The zero-order chi connectivity index (χ0) is 24.1. The number of fused-ring (bicyclic) bond motifs is 3. The fourth-order valence-corrected chi connectivity index (χ4v) is 5.91. The highest BCUT2D eigenvalue weighted by atomic mass is 35.5. The lowest BCUT2D eigenvalue weighted by molar-refractivity contribution is 0.0115. The highest BCUT2D eigenvalue weighted by molar-refractivity contribution is 6.39. The Kier molecular flexibility index (Phi) is 5.96. The van der Waals surface area contributed by atoms with Crippen molar-refractivity contribution in [1.29, 1.82) is 0 Å². The molecular weight excluding hydrogens is 487 g/mol. The number of furan rings is 1. The third-order valence-corrected chi connectivity index (χ3v) is 7.76. The summed E-state index contributed by atoms with van der Waals surface area (Å²) < 4.78 is 13.1. The lowest BCUT2D eigenvalue weighted by atomic mass is 10.0. The van der Waals surface area contributed by atoms with Crippen LogP contribution in [0.4, 0.5) is 5.69 Å². The second-order valence-electron chi connectivity index (χ2n) is 9.26. The fourth-order valence-electron chi connectivity index (χ4n) is 5.38. The summed E-state index contributed by atoms with van der Waals surface area (Å²) >= 11 is 12.6. The minimum atomic E-state index is -0.361. The van der Waals surface area contributed by atoms with Gasteiger partial charge in [0.15, 0.2) is 11.2 Å². The molecule has 0 radical (unpaired) electrons. The van der Waals surface area contributed by atoms with Crippen molar-refractivity contribution in [2.24, 2.45) is 7.05 Å². The van der Waals surface area contributed by atoms with E-state index >= 15 is 0 Å².